The van der Waals surface area contributed by atoms with Crippen molar-refractivity contribution in [3.63, 3.8) is 0 Å². The summed E-state index contributed by atoms with van der Waals surface area (Å²) in [6.45, 7) is 6.54. The minimum Gasteiger partial charge on any atom is -0.373 e. The summed E-state index contributed by atoms with van der Waals surface area (Å²) in [5.74, 6) is 2.06. The van der Waals surface area contributed by atoms with E-state index in [4.69, 9.17) is 9.26 Å². The van der Waals surface area contributed by atoms with E-state index in [-0.39, 0.29) is 6.04 Å². The lowest BCUT2D eigenvalue weighted by molar-refractivity contribution is 0.114. The van der Waals surface area contributed by atoms with Crippen molar-refractivity contribution < 1.29 is 9.26 Å². The Balaban J connectivity index is 1.88. The van der Waals surface area contributed by atoms with E-state index >= 15 is 0 Å². The second kappa shape index (κ2) is 6.12. The maximum atomic E-state index is 5.39. The van der Waals surface area contributed by atoms with Crippen LogP contribution in [-0.2, 0) is 11.3 Å². The van der Waals surface area contributed by atoms with Gasteiger partial charge in [0.05, 0.1) is 6.04 Å². The Bertz CT molecular complexity index is 340. The lowest BCUT2D eigenvalue weighted by Crippen LogP contribution is -2.30. The van der Waals surface area contributed by atoms with Crippen LogP contribution in [-0.4, -0.2) is 23.3 Å². The summed E-state index contributed by atoms with van der Waals surface area (Å²) in [6, 6.07) is 0.214. The monoisotopic (exact) mass is 239 g/mol. The molecule has 2 atom stereocenters. The summed E-state index contributed by atoms with van der Waals surface area (Å²) in [7, 11) is 0. The fraction of sp³-hybridized carbons (Fsp3) is 0.833. The molecule has 17 heavy (non-hydrogen) atoms. The molecule has 2 rings (SSSR count). The van der Waals surface area contributed by atoms with Crippen molar-refractivity contribution in [2.24, 2.45) is 5.92 Å². The van der Waals surface area contributed by atoms with Crippen molar-refractivity contribution in [1.82, 2.24) is 15.5 Å². The quantitative estimate of drug-likeness (QED) is 0.797. The summed E-state index contributed by atoms with van der Waals surface area (Å²) < 4.78 is 10.7. The van der Waals surface area contributed by atoms with Gasteiger partial charge in [-0.2, -0.15) is 4.98 Å². The Morgan fingerprint density at radius 2 is 2.41 bits per heavy atom. The number of ether oxygens (including phenoxy) is 1. The average molecular weight is 239 g/mol. The summed E-state index contributed by atoms with van der Waals surface area (Å²) in [5.41, 5.74) is 0. The van der Waals surface area contributed by atoms with E-state index in [0.717, 1.165) is 26.0 Å². The van der Waals surface area contributed by atoms with Crippen LogP contribution in [0.5, 0.6) is 0 Å². The van der Waals surface area contributed by atoms with Gasteiger partial charge in [0.25, 0.3) is 0 Å². The van der Waals surface area contributed by atoms with Gasteiger partial charge >= 0.3 is 0 Å². The van der Waals surface area contributed by atoms with Gasteiger partial charge in [-0.3, -0.25) is 0 Å². The zero-order valence-electron chi connectivity index (χ0n) is 10.6. The zero-order valence-corrected chi connectivity index (χ0v) is 10.6. The van der Waals surface area contributed by atoms with E-state index in [1.807, 2.05) is 0 Å². The molecule has 1 N–H and O–H groups in total. The van der Waals surface area contributed by atoms with Crippen molar-refractivity contribution in [1.29, 1.82) is 0 Å². The Hall–Kier alpha value is -0.940. The normalized spacial score (nSPS) is 25.1. The molecular formula is C12H21N3O2. The molecule has 5 heteroatoms. The van der Waals surface area contributed by atoms with Crippen LogP contribution in [0, 0.1) is 5.92 Å². The van der Waals surface area contributed by atoms with Gasteiger partial charge in [0.2, 0.25) is 5.89 Å². The third kappa shape index (κ3) is 3.51. The molecule has 0 radical (unpaired) electrons. The van der Waals surface area contributed by atoms with Crippen molar-refractivity contribution in [3.05, 3.63) is 11.7 Å². The molecule has 1 aromatic rings. The van der Waals surface area contributed by atoms with E-state index < -0.39 is 0 Å². The summed E-state index contributed by atoms with van der Waals surface area (Å²) in [6.07, 6.45) is 3.29. The first-order valence-electron chi connectivity index (χ1n) is 6.43. The Morgan fingerprint density at radius 1 is 1.53 bits per heavy atom. The second-order valence-corrected chi connectivity index (χ2v) is 4.74. The summed E-state index contributed by atoms with van der Waals surface area (Å²) >= 11 is 0. The fourth-order valence-electron chi connectivity index (χ4n) is 2.07. The number of piperidine rings is 1. The molecule has 0 spiro atoms. The molecule has 0 saturated carbocycles. The van der Waals surface area contributed by atoms with E-state index in [9.17, 15) is 0 Å². The van der Waals surface area contributed by atoms with Gasteiger partial charge in [-0.25, -0.2) is 0 Å². The molecule has 2 unspecified atom stereocenters. The van der Waals surface area contributed by atoms with Crippen molar-refractivity contribution in [2.75, 3.05) is 13.2 Å². The molecular weight excluding hydrogens is 218 g/mol. The highest BCUT2D eigenvalue weighted by Crippen LogP contribution is 2.25. The lowest BCUT2D eigenvalue weighted by atomic mass is 9.94. The molecule has 0 aromatic carbocycles. The van der Waals surface area contributed by atoms with E-state index in [2.05, 4.69) is 29.3 Å². The van der Waals surface area contributed by atoms with Gasteiger partial charge in [-0.05, 0) is 31.7 Å². The highest BCUT2D eigenvalue weighted by Gasteiger charge is 2.24. The van der Waals surface area contributed by atoms with Gasteiger partial charge in [-0.1, -0.05) is 19.0 Å². The van der Waals surface area contributed by atoms with Gasteiger partial charge in [0, 0.05) is 6.61 Å². The topological polar surface area (TPSA) is 60.2 Å². The first-order chi connectivity index (χ1) is 8.29. The van der Waals surface area contributed by atoms with Crippen molar-refractivity contribution >= 4 is 0 Å². The number of hydrogen-bond donors (Lipinski definition) is 1. The van der Waals surface area contributed by atoms with E-state index in [1.165, 1.54) is 6.42 Å². The highest BCUT2D eigenvalue weighted by atomic mass is 16.5. The maximum absolute atomic E-state index is 5.39. The zero-order chi connectivity index (χ0) is 12.1. The molecule has 1 fully saturated rings. The third-order valence-corrected chi connectivity index (χ3v) is 3.03. The van der Waals surface area contributed by atoms with Gasteiger partial charge < -0.3 is 14.6 Å². The van der Waals surface area contributed by atoms with Crippen LogP contribution < -0.4 is 5.32 Å². The van der Waals surface area contributed by atoms with E-state index in [1.54, 1.807) is 0 Å². The largest absolute Gasteiger partial charge is 0.373 e. The van der Waals surface area contributed by atoms with Crippen LogP contribution in [0.2, 0.25) is 0 Å². The number of rotatable bonds is 5. The minimum atomic E-state index is 0.214. The smallest absolute Gasteiger partial charge is 0.243 e. The number of nitrogens with zero attached hydrogens (tertiary/aromatic N) is 2. The first kappa shape index (κ1) is 12.5. The molecule has 1 aromatic heterocycles. The summed E-state index contributed by atoms with van der Waals surface area (Å²) in [5, 5.41) is 7.35. The Morgan fingerprint density at radius 3 is 3.18 bits per heavy atom. The maximum Gasteiger partial charge on any atom is 0.243 e. The van der Waals surface area contributed by atoms with E-state index in [0.29, 0.717) is 24.2 Å². The van der Waals surface area contributed by atoms with Crippen LogP contribution in [0.1, 0.15) is 50.9 Å². The Labute approximate surface area is 102 Å². The number of aromatic nitrogens is 2. The van der Waals surface area contributed by atoms with Gasteiger partial charge in [-0.15, -0.1) is 0 Å². The molecule has 0 amide bonds. The van der Waals surface area contributed by atoms with Gasteiger partial charge in [0.1, 0.15) is 6.61 Å². The third-order valence-electron chi connectivity index (χ3n) is 3.03. The highest BCUT2D eigenvalue weighted by molar-refractivity contribution is 4.94. The minimum absolute atomic E-state index is 0.214. The molecule has 2 heterocycles. The molecule has 1 saturated heterocycles. The molecule has 1 aliphatic heterocycles. The standard InChI is InChI=1S/C12H21N3O2/c1-3-6-16-8-11-14-12(17-15-11)10-7-9(2)4-5-13-10/h9-10,13H,3-8H2,1-2H3. The Kier molecular flexibility index (Phi) is 4.50. The molecule has 1 aliphatic rings. The van der Waals surface area contributed by atoms with Crippen LogP contribution >= 0.6 is 0 Å². The number of nitrogens with one attached hydrogen (secondary N) is 1. The second-order valence-electron chi connectivity index (χ2n) is 4.74. The van der Waals surface area contributed by atoms with Crippen LogP contribution in [0.25, 0.3) is 0 Å². The molecule has 5 nitrogen and oxygen atoms in total. The van der Waals surface area contributed by atoms with Crippen LogP contribution in [0.3, 0.4) is 0 Å². The van der Waals surface area contributed by atoms with Crippen molar-refractivity contribution in [3.8, 4) is 0 Å². The summed E-state index contributed by atoms with van der Waals surface area (Å²) in [4.78, 5) is 4.37. The lowest BCUT2D eigenvalue weighted by Gasteiger charge is -2.25. The van der Waals surface area contributed by atoms with Gasteiger partial charge in [0.15, 0.2) is 5.82 Å². The number of hydrogen-bond acceptors (Lipinski definition) is 5. The first-order valence-corrected chi connectivity index (χ1v) is 6.43. The molecule has 96 valence electrons. The van der Waals surface area contributed by atoms with Crippen LogP contribution in [0.4, 0.5) is 0 Å². The predicted octanol–water partition coefficient (Wildman–Crippen LogP) is 2.06. The van der Waals surface area contributed by atoms with Crippen LogP contribution in [0.15, 0.2) is 4.52 Å². The predicted molar refractivity (Wildman–Crippen MR) is 63.4 cm³/mol. The fourth-order valence-corrected chi connectivity index (χ4v) is 2.07. The average Bonchev–Trinajstić information content (AvgIpc) is 2.78. The molecule has 0 bridgehead atoms. The van der Waals surface area contributed by atoms with Crippen molar-refractivity contribution in [2.45, 2.75) is 45.8 Å². The SMILES string of the molecule is CCCOCc1noc(C2CC(C)CCN2)n1. The molecule has 0 aliphatic carbocycles.